The summed E-state index contributed by atoms with van der Waals surface area (Å²) in [6.07, 6.45) is 3.53. The van der Waals surface area contributed by atoms with Gasteiger partial charge in [-0.1, -0.05) is 55.8 Å². The Hall–Kier alpha value is -1.01. The molecule has 0 amide bonds. The van der Waals surface area contributed by atoms with Crippen LogP contribution in [0.15, 0.2) is 60.7 Å². The molecule has 3 heteroatoms. The van der Waals surface area contributed by atoms with E-state index in [2.05, 4.69) is 74.5 Å². The van der Waals surface area contributed by atoms with Gasteiger partial charge in [0, 0.05) is 0 Å². The van der Waals surface area contributed by atoms with Gasteiger partial charge in [-0.3, -0.25) is 0 Å². The summed E-state index contributed by atoms with van der Waals surface area (Å²) in [5.41, 5.74) is 7.26. The average molecular weight is 486 g/mol. The molecule has 142 valence electrons. The monoisotopic (exact) mass is 483 g/mol. The zero-order valence-corrected chi connectivity index (χ0v) is 20.2. The van der Waals surface area contributed by atoms with E-state index >= 15 is 0 Å². The quantitative estimate of drug-likeness (QED) is 0.258. The molecule has 5 rings (SSSR count). The molecule has 0 aromatic heterocycles. The van der Waals surface area contributed by atoms with Gasteiger partial charge in [0.1, 0.15) is 0 Å². The fourth-order valence-electron chi connectivity index (χ4n) is 4.60. The Labute approximate surface area is 185 Å². The number of aryl methyl sites for hydroxylation is 2. The van der Waals surface area contributed by atoms with E-state index in [-0.39, 0.29) is 0 Å². The number of rotatable bonds is 3. The van der Waals surface area contributed by atoms with Crippen LogP contribution in [0.3, 0.4) is 0 Å². The van der Waals surface area contributed by atoms with E-state index < -0.39 is 20.8 Å². The molecule has 0 saturated heterocycles. The molecule has 1 aliphatic rings. The molecule has 4 aromatic carbocycles. The van der Waals surface area contributed by atoms with E-state index in [0.717, 1.165) is 6.42 Å². The SMILES string of the molecule is CC(C)Cc1cc2c(-c3ccc4c5c(cccc35)CC4)cccc2[cH-]1.[Cl][Zr][Cl]. The summed E-state index contributed by atoms with van der Waals surface area (Å²) in [6, 6.07) is 23.1. The standard InChI is InChI=1S/C25H23.2ClH.Zr/c1-16(2)13-17-14-20-6-4-7-21(24(20)15-17)22-12-11-19-10-9-18-5-3-8-23(22)25(18)19;;;/h3-8,11-12,14-16H,9-10,13H2,1-2H3;2*1H;/q-1;;;+2/p-2. The fraction of sp³-hybridized carbons (Fsp3) is 0.240. The molecule has 0 unspecified atom stereocenters. The third kappa shape index (κ3) is 3.87. The van der Waals surface area contributed by atoms with Crippen LogP contribution in [0.2, 0.25) is 0 Å². The van der Waals surface area contributed by atoms with Gasteiger partial charge in [0.15, 0.2) is 0 Å². The van der Waals surface area contributed by atoms with Gasteiger partial charge in [0.05, 0.1) is 0 Å². The van der Waals surface area contributed by atoms with Crippen LogP contribution >= 0.6 is 17.0 Å². The molecular formula is C25H23Cl2Zr-. The first-order valence-corrected chi connectivity index (χ1v) is 16.1. The second-order valence-electron chi connectivity index (χ2n) is 7.95. The first kappa shape index (κ1) is 20.3. The van der Waals surface area contributed by atoms with Crippen molar-refractivity contribution in [1.29, 1.82) is 0 Å². The Balaban J connectivity index is 0.000000604. The van der Waals surface area contributed by atoms with Gasteiger partial charge in [0.2, 0.25) is 0 Å². The van der Waals surface area contributed by atoms with Gasteiger partial charge in [-0.05, 0) is 52.6 Å². The summed E-state index contributed by atoms with van der Waals surface area (Å²) >= 11 is -0.826. The first-order chi connectivity index (χ1) is 13.6. The summed E-state index contributed by atoms with van der Waals surface area (Å²) in [5.74, 6) is 0.692. The third-order valence-corrected chi connectivity index (χ3v) is 5.62. The van der Waals surface area contributed by atoms with Gasteiger partial charge < -0.3 is 0 Å². The molecule has 4 aromatic rings. The summed E-state index contributed by atoms with van der Waals surface area (Å²) < 4.78 is 0. The first-order valence-electron chi connectivity index (χ1n) is 9.80. The van der Waals surface area contributed by atoms with Crippen molar-refractivity contribution in [3.05, 3.63) is 77.4 Å². The van der Waals surface area contributed by atoms with E-state index in [4.69, 9.17) is 17.0 Å². The van der Waals surface area contributed by atoms with Gasteiger partial charge in [-0.25, -0.2) is 0 Å². The Morgan fingerprint density at radius 1 is 0.893 bits per heavy atom. The Morgan fingerprint density at radius 3 is 2.32 bits per heavy atom. The Kier molecular flexibility index (Phi) is 6.36. The van der Waals surface area contributed by atoms with Gasteiger partial charge in [-0.15, -0.1) is 34.5 Å². The molecule has 0 heterocycles. The van der Waals surface area contributed by atoms with E-state index in [1.807, 2.05) is 0 Å². The zero-order valence-electron chi connectivity index (χ0n) is 16.2. The summed E-state index contributed by atoms with van der Waals surface area (Å²) in [5, 5.41) is 5.70. The van der Waals surface area contributed by atoms with E-state index in [9.17, 15) is 0 Å². The van der Waals surface area contributed by atoms with E-state index in [0.29, 0.717) is 5.92 Å². The van der Waals surface area contributed by atoms with Crippen molar-refractivity contribution < 1.29 is 20.8 Å². The van der Waals surface area contributed by atoms with Crippen LogP contribution in [-0.4, -0.2) is 0 Å². The number of hydrogen-bond donors (Lipinski definition) is 0. The van der Waals surface area contributed by atoms with Crippen molar-refractivity contribution in [2.24, 2.45) is 5.92 Å². The molecule has 0 bridgehead atoms. The number of fused-ring (bicyclic) bond motifs is 1. The van der Waals surface area contributed by atoms with Crippen LogP contribution in [-0.2, 0) is 40.1 Å². The van der Waals surface area contributed by atoms with Gasteiger partial charge in [0.25, 0.3) is 0 Å². The molecule has 0 N–H and O–H groups in total. The minimum atomic E-state index is -0.826. The molecule has 0 saturated carbocycles. The van der Waals surface area contributed by atoms with E-state index in [1.54, 1.807) is 0 Å². The summed E-state index contributed by atoms with van der Waals surface area (Å²) in [7, 11) is 9.87. The average Bonchev–Trinajstić information content (AvgIpc) is 3.27. The van der Waals surface area contributed by atoms with Crippen molar-refractivity contribution in [1.82, 2.24) is 0 Å². The molecule has 0 radical (unpaired) electrons. The van der Waals surface area contributed by atoms with Crippen molar-refractivity contribution in [2.75, 3.05) is 0 Å². The second kappa shape index (κ2) is 8.78. The van der Waals surface area contributed by atoms with Crippen LogP contribution < -0.4 is 0 Å². The maximum absolute atomic E-state index is 4.93. The Morgan fingerprint density at radius 2 is 1.57 bits per heavy atom. The topological polar surface area (TPSA) is 0 Å². The van der Waals surface area contributed by atoms with Crippen LogP contribution in [0.25, 0.3) is 32.7 Å². The van der Waals surface area contributed by atoms with Crippen LogP contribution in [0, 0.1) is 5.92 Å². The van der Waals surface area contributed by atoms with Gasteiger partial charge >= 0.3 is 37.9 Å². The zero-order chi connectivity index (χ0) is 19.7. The molecule has 0 aliphatic heterocycles. The van der Waals surface area contributed by atoms with Crippen molar-refractivity contribution in [3.8, 4) is 11.1 Å². The van der Waals surface area contributed by atoms with Crippen LogP contribution in [0.1, 0.15) is 30.5 Å². The van der Waals surface area contributed by atoms with E-state index in [1.165, 1.54) is 62.2 Å². The van der Waals surface area contributed by atoms with Crippen molar-refractivity contribution in [2.45, 2.75) is 33.1 Å². The number of halogens is 2. The molecule has 1 aliphatic carbocycles. The van der Waals surface area contributed by atoms with Gasteiger partial charge in [-0.2, -0.15) is 6.07 Å². The normalized spacial score (nSPS) is 12.5. The summed E-state index contributed by atoms with van der Waals surface area (Å²) in [4.78, 5) is 0. The molecule has 0 nitrogen and oxygen atoms in total. The van der Waals surface area contributed by atoms with Crippen LogP contribution in [0.4, 0.5) is 0 Å². The predicted octanol–water partition coefficient (Wildman–Crippen LogP) is 8.05. The summed E-state index contributed by atoms with van der Waals surface area (Å²) in [6.45, 7) is 4.59. The number of hydrogen-bond acceptors (Lipinski definition) is 0. The minimum absolute atomic E-state index is 0.692. The predicted molar refractivity (Wildman–Crippen MR) is 120 cm³/mol. The fourth-order valence-corrected chi connectivity index (χ4v) is 4.60. The van der Waals surface area contributed by atoms with Crippen molar-refractivity contribution in [3.63, 3.8) is 0 Å². The molecule has 0 spiro atoms. The molecule has 0 fully saturated rings. The van der Waals surface area contributed by atoms with Crippen LogP contribution in [0.5, 0.6) is 0 Å². The molecule has 0 atom stereocenters. The Bertz CT molecular complexity index is 1110. The maximum atomic E-state index is 4.93. The number of benzene rings is 3. The van der Waals surface area contributed by atoms with Crippen molar-refractivity contribution >= 4 is 38.6 Å². The molecular weight excluding hydrogens is 462 g/mol. The molecule has 28 heavy (non-hydrogen) atoms. The third-order valence-electron chi connectivity index (χ3n) is 5.62. The second-order valence-corrected chi connectivity index (χ2v) is 11.7.